The van der Waals surface area contributed by atoms with E-state index in [2.05, 4.69) is 26.0 Å². The Morgan fingerprint density at radius 1 is 1.10 bits per heavy atom. The Bertz CT molecular complexity index is 435. The number of ether oxygens (including phenoxy) is 1. The van der Waals surface area contributed by atoms with Gasteiger partial charge in [-0.3, -0.25) is 4.79 Å². The van der Waals surface area contributed by atoms with Crippen molar-refractivity contribution in [2.24, 2.45) is 5.92 Å². The maximum Gasteiger partial charge on any atom is 0.140 e. The van der Waals surface area contributed by atoms with E-state index in [9.17, 15) is 4.79 Å². The Balaban J connectivity index is 1.83. The zero-order chi connectivity index (χ0) is 15.1. The Kier molecular flexibility index (Phi) is 6.28. The minimum atomic E-state index is 0.111. The molecule has 0 saturated heterocycles. The van der Waals surface area contributed by atoms with E-state index in [4.69, 9.17) is 4.74 Å². The van der Waals surface area contributed by atoms with Gasteiger partial charge in [0.2, 0.25) is 0 Å². The summed E-state index contributed by atoms with van der Waals surface area (Å²) in [7, 11) is 0. The second-order valence-corrected chi connectivity index (χ2v) is 6.38. The van der Waals surface area contributed by atoms with Gasteiger partial charge in [0.05, 0.1) is 6.61 Å². The van der Waals surface area contributed by atoms with Gasteiger partial charge in [0.25, 0.3) is 0 Å². The van der Waals surface area contributed by atoms with Crippen LogP contribution in [0.4, 0.5) is 0 Å². The lowest BCUT2D eigenvalue weighted by molar-refractivity contribution is -0.123. The molecule has 0 bridgehead atoms. The number of rotatable bonds is 7. The molecule has 0 radical (unpaired) electrons. The summed E-state index contributed by atoms with van der Waals surface area (Å²) in [6, 6.07) is 8.17. The second-order valence-electron chi connectivity index (χ2n) is 6.38. The fourth-order valence-corrected chi connectivity index (χ4v) is 3.07. The van der Waals surface area contributed by atoms with E-state index in [-0.39, 0.29) is 5.92 Å². The molecule has 116 valence electrons. The van der Waals surface area contributed by atoms with E-state index in [1.165, 1.54) is 19.3 Å². The maximum absolute atomic E-state index is 12.1. The van der Waals surface area contributed by atoms with Crippen LogP contribution >= 0.6 is 0 Å². The molecule has 1 fully saturated rings. The monoisotopic (exact) mass is 288 g/mol. The Labute approximate surface area is 128 Å². The number of unbranched alkanes of at least 4 members (excludes halogenated alkanes) is 3. The van der Waals surface area contributed by atoms with Gasteiger partial charge >= 0.3 is 0 Å². The lowest BCUT2D eigenvalue weighted by Crippen LogP contribution is -2.21. The molecule has 1 aliphatic rings. The van der Waals surface area contributed by atoms with Gasteiger partial charge in [-0.25, -0.2) is 0 Å². The topological polar surface area (TPSA) is 26.3 Å². The zero-order valence-corrected chi connectivity index (χ0v) is 13.4. The largest absolute Gasteiger partial charge is 0.494 e. The van der Waals surface area contributed by atoms with Gasteiger partial charge in [0, 0.05) is 12.3 Å². The molecule has 21 heavy (non-hydrogen) atoms. The van der Waals surface area contributed by atoms with Gasteiger partial charge in [-0.1, -0.05) is 45.2 Å². The maximum atomic E-state index is 12.1. The van der Waals surface area contributed by atoms with Crippen molar-refractivity contribution in [2.75, 3.05) is 6.61 Å². The Morgan fingerprint density at radius 3 is 2.52 bits per heavy atom. The summed E-state index contributed by atoms with van der Waals surface area (Å²) in [5.41, 5.74) is 1.16. The van der Waals surface area contributed by atoms with Gasteiger partial charge < -0.3 is 4.74 Å². The highest BCUT2D eigenvalue weighted by Crippen LogP contribution is 2.33. The highest BCUT2D eigenvalue weighted by molar-refractivity contribution is 5.86. The van der Waals surface area contributed by atoms with Crippen LogP contribution in [-0.4, -0.2) is 12.4 Å². The molecule has 2 rings (SSSR count). The summed E-state index contributed by atoms with van der Waals surface area (Å²) in [6.45, 7) is 5.18. The molecule has 2 nitrogen and oxygen atoms in total. The van der Waals surface area contributed by atoms with Crippen LogP contribution in [0.1, 0.15) is 70.3 Å². The van der Waals surface area contributed by atoms with E-state index in [0.717, 1.165) is 43.6 Å². The van der Waals surface area contributed by atoms with Crippen molar-refractivity contribution >= 4 is 5.78 Å². The van der Waals surface area contributed by atoms with Crippen LogP contribution in [0.5, 0.6) is 5.75 Å². The van der Waals surface area contributed by atoms with Crippen LogP contribution in [0.25, 0.3) is 0 Å². The fraction of sp³-hybridized carbons (Fsp3) is 0.632. The minimum absolute atomic E-state index is 0.111. The van der Waals surface area contributed by atoms with Crippen LogP contribution in [0.2, 0.25) is 0 Å². The first-order valence-corrected chi connectivity index (χ1v) is 8.46. The summed E-state index contributed by atoms with van der Waals surface area (Å²) in [4.78, 5) is 12.1. The van der Waals surface area contributed by atoms with Gasteiger partial charge in [-0.15, -0.1) is 0 Å². The molecule has 0 aliphatic heterocycles. The van der Waals surface area contributed by atoms with Crippen molar-refractivity contribution in [2.45, 2.75) is 64.7 Å². The number of carbonyl (C=O) groups is 1. The molecular formula is C19H28O2. The first-order valence-electron chi connectivity index (χ1n) is 8.46. The summed E-state index contributed by atoms with van der Waals surface area (Å²) in [5.74, 6) is 1.99. The van der Waals surface area contributed by atoms with Crippen LogP contribution in [0.3, 0.4) is 0 Å². The Hall–Kier alpha value is -1.31. The first kappa shape index (κ1) is 16.1. The predicted octanol–water partition coefficient (Wildman–Crippen LogP) is 5.12. The van der Waals surface area contributed by atoms with Gasteiger partial charge in [0.15, 0.2) is 0 Å². The van der Waals surface area contributed by atoms with E-state index in [1.807, 2.05) is 12.1 Å². The van der Waals surface area contributed by atoms with Crippen molar-refractivity contribution in [3.05, 3.63) is 29.8 Å². The fourth-order valence-electron chi connectivity index (χ4n) is 3.07. The van der Waals surface area contributed by atoms with E-state index < -0.39 is 0 Å². The number of Topliss-reactive ketones (excluding diaryl/α,β-unsaturated/α-hetero) is 1. The third-order valence-electron chi connectivity index (χ3n) is 4.44. The number of benzene rings is 1. The third-order valence-corrected chi connectivity index (χ3v) is 4.44. The van der Waals surface area contributed by atoms with Gasteiger partial charge in [-0.2, -0.15) is 0 Å². The molecule has 1 aromatic carbocycles. The smallest absolute Gasteiger partial charge is 0.140 e. The molecule has 1 aromatic rings. The van der Waals surface area contributed by atoms with Crippen molar-refractivity contribution < 1.29 is 9.53 Å². The summed E-state index contributed by atoms with van der Waals surface area (Å²) in [6.07, 6.45) is 7.79. The quantitative estimate of drug-likeness (QED) is 0.651. The molecule has 0 heterocycles. The van der Waals surface area contributed by atoms with E-state index in [0.29, 0.717) is 11.7 Å². The summed E-state index contributed by atoms with van der Waals surface area (Å²) < 4.78 is 5.75. The van der Waals surface area contributed by atoms with E-state index in [1.54, 1.807) is 0 Å². The van der Waals surface area contributed by atoms with Crippen LogP contribution < -0.4 is 4.74 Å². The molecule has 2 atom stereocenters. The normalized spacial score (nSPS) is 22.3. The van der Waals surface area contributed by atoms with Gasteiger partial charge in [-0.05, 0) is 42.9 Å². The van der Waals surface area contributed by atoms with E-state index >= 15 is 0 Å². The average molecular weight is 288 g/mol. The minimum Gasteiger partial charge on any atom is -0.494 e. The highest BCUT2D eigenvalue weighted by Gasteiger charge is 2.27. The average Bonchev–Trinajstić information content (AvgIpc) is 2.48. The number of hydrogen-bond acceptors (Lipinski definition) is 2. The third kappa shape index (κ3) is 4.87. The second kappa shape index (κ2) is 8.21. The molecule has 0 aromatic heterocycles. The van der Waals surface area contributed by atoms with Crippen LogP contribution in [0.15, 0.2) is 24.3 Å². The van der Waals surface area contributed by atoms with Crippen molar-refractivity contribution in [1.29, 1.82) is 0 Å². The highest BCUT2D eigenvalue weighted by atomic mass is 16.5. The van der Waals surface area contributed by atoms with Crippen molar-refractivity contribution in [3.63, 3.8) is 0 Å². The zero-order valence-electron chi connectivity index (χ0n) is 13.4. The number of ketones is 1. The van der Waals surface area contributed by atoms with Crippen LogP contribution in [0, 0.1) is 5.92 Å². The summed E-state index contributed by atoms with van der Waals surface area (Å²) in [5, 5.41) is 0. The van der Waals surface area contributed by atoms with Gasteiger partial charge in [0.1, 0.15) is 11.5 Å². The molecule has 0 amide bonds. The number of carbonyl (C=O) groups excluding carboxylic acids is 1. The molecule has 2 unspecified atom stereocenters. The molecule has 1 aliphatic carbocycles. The first-order chi connectivity index (χ1) is 10.2. The molecule has 0 spiro atoms. The SMILES string of the molecule is CCCCCCOc1ccc(C2CCC(C)CC2=O)cc1. The molecular weight excluding hydrogens is 260 g/mol. The standard InChI is InChI=1S/C19H28O2/c1-3-4-5-6-13-21-17-10-8-16(9-11-17)18-12-7-15(2)14-19(18)20/h8-11,15,18H,3-7,12-14H2,1-2H3. The lowest BCUT2D eigenvalue weighted by atomic mass is 9.78. The molecule has 2 heteroatoms. The number of hydrogen-bond donors (Lipinski definition) is 0. The van der Waals surface area contributed by atoms with Crippen LogP contribution in [-0.2, 0) is 4.79 Å². The van der Waals surface area contributed by atoms with Crippen molar-refractivity contribution in [3.8, 4) is 5.75 Å². The summed E-state index contributed by atoms with van der Waals surface area (Å²) >= 11 is 0. The molecule has 0 N–H and O–H groups in total. The Morgan fingerprint density at radius 2 is 1.86 bits per heavy atom. The molecule has 1 saturated carbocycles. The van der Waals surface area contributed by atoms with Crippen molar-refractivity contribution in [1.82, 2.24) is 0 Å². The predicted molar refractivity (Wildman–Crippen MR) is 86.8 cm³/mol. The lowest BCUT2D eigenvalue weighted by Gasteiger charge is -2.25.